The Labute approximate surface area is 134 Å². The largest absolute Gasteiger partial charge is 0.497 e. The number of para-hydroxylation sites is 2. The lowest BCUT2D eigenvalue weighted by atomic mass is 10.2. The predicted octanol–water partition coefficient (Wildman–Crippen LogP) is 4.15. The van der Waals surface area contributed by atoms with Crippen LogP contribution in [-0.4, -0.2) is 21.1 Å². The Kier molecular flexibility index (Phi) is 3.15. The average Bonchev–Trinajstić information content (AvgIpc) is 3.15. The molecule has 0 unspecified atom stereocenters. The van der Waals surface area contributed by atoms with Crippen LogP contribution < -0.4 is 4.74 Å². The number of rotatable bonds is 4. The fourth-order valence-corrected chi connectivity index (χ4v) is 2.95. The summed E-state index contributed by atoms with van der Waals surface area (Å²) < 4.78 is 9.53. The van der Waals surface area contributed by atoms with E-state index in [1.807, 2.05) is 42.5 Å². The van der Waals surface area contributed by atoms with Gasteiger partial charge in [0.2, 0.25) is 5.78 Å². The van der Waals surface area contributed by atoms with Crippen LogP contribution in [0.3, 0.4) is 0 Å². The molecule has 114 valence electrons. The Hall–Kier alpha value is -3.01. The highest BCUT2D eigenvalue weighted by atomic mass is 16.5. The number of nitrogens with zero attached hydrogens (tertiary/aromatic N) is 3. The second-order valence-corrected chi connectivity index (χ2v) is 5.41. The van der Waals surface area contributed by atoms with Crippen molar-refractivity contribution in [3.63, 3.8) is 0 Å². The van der Waals surface area contributed by atoms with E-state index in [1.54, 1.807) is 7.11 Å². The van der Waals surface area contributed by atoms with Gasteiger partial charge in [0.1, 0.15) is 5.75 Å². The predicted molar refractivity (Wildman–Crippen MR) is 92.9 cm³/mol. The number of aromatic nitrogens is 3. The van der Waals surface area contributed by atoms with Gasteiger partial charge in [0.05, 0.1) is 23.8 Å². The lowest BCUT2D eigenvalue weighted by Crippen LogP contribution is -1.95. The maximum absolute atomic E-state index is 5.22. The topological polar surface area (TPSA) is 31.5 Å². The van der Waals surface area contributed by atoms with Crippen LogP contribution in [0.2, 0.25) is 0 Å². The second-order valence-electron chi connectivity index (χ2n) is 5.41. The minimum absolute atomic E-state index is 0.732. The molecule has 0 spiro atoms. The highest BCUT2D eigenvalue weighted by Crippen LogP contribution is 2.26. The molecule has 0 saturated carbocycles. The first-order chi connectivity index (χ1) is 11.3. The van der Waals surface area contributed by atoms with Gasteiger partial charge in [-0.1, -0.05) is 18.2 Å². The molecule has 0 aliphatic rings. The summed E-state index contributed by atoms with van der Waals surface area (Å²) in [5, 5.41) is 0. The van der Waals surface area contributed by atoms with Crippen molar-refractivity contribution in [1.29, 1.82) is 0 Å². The van der Waals surface area contributed by atoms with Gasteiger partial charge in [0.25, 0.3) is 0 Å². The van der Waals surface area contributed by atoms with E-state index < -0.39 is 0 Å². The normalized spacial score (nSPS) is 11.2. The molecule has 23 heavy (non-hydrogen) atoms. The maximum Gasteiger partial charge on any atom is 0.215 e. The molecule has 0 fully saturated rings. The summed E-state index contributed by atoms with van der Waals surface area (Å²) in [6.45, 7) is 4.59. The van der Waals surface area contributed by atoms with Gasteiger partial charge in [-0.15, -0.1) is 6.58 Å². The van der Waals surface area contributed by atoms with Crippen LogP contribution in [0.25, 0.3) is 28.1 Å². The van der Waals surface area contributed by atoms with Crippen molar-refractivity contribution in [2.45, 2.75) is 6.54 Å². The number of ether oxygens (including phenoxy) is 1. The minimum atomic E-state index is 0.732. The van der Waals surface area contributed by atoms with Crippen molar-refractivity contribution in [3.8, 4) is 17.0 Å². The molecule has 2 heterocycles. The monoisotopic (exact) mass is 303 g/mol. The zero-order chi connectivity index (χ0) is 15.8. The summed E-state index contributed by atoms with van der Waals surface area (Å²) in [5.41, 5.74) is 4.34. The Bertz CT molecular complexity index is 993. The van der Waals surface area contributed by atoms with Crippen molar-refractivity contribution >= 4 is 16.8 Å². The third-order valence-electron chi connectivity index (χ3n) is 4.06. The first-order valence-electron chi connectivity index (χ1n) is 7.53. The molecule has 0 saturated heterocycles. The lowest BCUT2D eigenvalue weighted by molar-refractivity contribution is 0.415. The molecule has 0 atom stereocenters. The van der Waals surface area contributed by atoms with Gasteiger partial charge in [-0.25, -0.2) is 4.98 Å². The number of allylic oxidation sites excluding steroid dienone is 1. The fraction of sp³-hybridized carbons (Fsp3) is 0.105. The van der Waals surface area contributed by atoms with E-state index in [0.29, 0.717) is 0 Å². The van der Waals surface area contributed by atoms with Gasteiger partial charge in [-0.2, -0.15) is 0 Å². The van der Waals surface area contributed by atoms with E-state index in [-0.39, 0.29) is 0 Å². The molecule has 0 amide bonds. The van der Waals surface area contributed by atoms with Crippen LogP contribution in [0.4, 0.5) is 0 Å². The van der Waals surface area contributed by atoms with Gasteiger partial charge < -0.3 is 9.30 Å². The van der Waals surface area contributed by atoms with Crippen molar-refractivity contribution < 1.29 is 4.74 Å². The molecule has 4 heteroatoms. The molecule has 0 radical (unpaired) electrons. The van der Waals surface area contributed by atoms with E-state index in [1.165, 1.54) is 0 Å². The fourth-order valence-electron chi connectivity index (χ4n) is 2.95. The van der Waals surface area contributed by atoms with Crippen LogP contribution in [0, 0.1) is 0 Å². The van der Waals surface area contributed by atoms with Crippen molar-refractivity contribution in [2.75, 3.05) is 7.11 Å². The molecule has 0 aliphatic carbocycles. The second kappa shape index (κ2) is 5.32. The molecule has 4 rings (SSSR count). The standard InChI is InChI=1S/C19H17N3O/c1-3-12-21-17-6-4-5-7-18(17)22-13-16(20-19(21)22)14-8-10-15(23-2)11-9-14/h3-11,13H,1,12H2,2H3. The van der Waals surface area contributed by atoms with Gasteiger partial charge >= 0.3 is 0 Å². The zero-order valence-electron chi connectivity index (χ0n) is 12.9. The van der Waals surface area contributed by atoms with Gasteiger partial charge in [-0.05, 0) is 36.4 Å². The number of benzene rings is 2. The molecular weight excluding hydrogens is 286 g/mol. The number of hydrogen-bond acceptors (Lipinski definition) is 2. The summed E-state index contributed by atoms with van der Waals surface area (Å²) in [6, 6.07) is 16.3. The lowest BCUT2D eigenvalue weighted by Gasteiger charge is -2.02. The Morgan fingerprint density at radius 1 is 1.09 bits per heavy atom. The van der Waals surface area contributed by atoms with Gasteiger partial charge in [0, 0.05) is 18.3 Å². The summed E-state index contributed by atoms with van der Waals surface area (Å²) in [7, 11) is 1.67. The number of hydrogen-bond donors (Lipinski definition) is 0. The van der Waals surface area contributed by atoms with Crippen molar-refractivity contribution in [2.24, 2.45) is 0 Å². The molecule has 2 aromatic carbocycles. The number of imidazole rings is 2. The highest BCUT2D eigenvalue weighted by Gasteiger charge is 2.13. The van der Waals surface area contributed by atoms with E-state index in [9.17, 15) is 0 Å². The van der Waals surface area contributed by atoms with Crippen LogP contribution >= 0.6 is 0 Å². The van der Waals surface area contributed by atoms with Crippen LogP contribution in [0.1, 0.15) is 0 Å². The SMILES string of the molecule is C=CCn1c2ccccc2n2cc(-c3ccc(OC)cc3)nc12. The third-order valence-corrected chi connectivity index (χ3v) is 4.06. The first-order valence-corrected chi connectivity index (χ1v) is 7.53. The molecule has 4 aromatic rings. The van der Waals surface area contributed by atoms with Gasteiger partial charge in [0.15, 0.2) is 0 Å². The van der Waals surface area contributed by atoms with Crippen LogP contribution in [0.15, 0.2) is 67.4 Å². The quantitative estimate of drug-likeness (QED) is 0.530. The molecule has 0 N–H and O–H groups in total. The van der Waals surface area contributed by atoms with Gasteiger partial charge in [-0.3, -0.25) is 4.40 Å². The highest BCUT2D eigenvalue weighted by molar-refractivity contribution is 5.82. The van der Waals surface area contributed by atoms with Crippen LogP contribution in [-0.2, 0) is 6.54 Å². The number of methoxy groups -OCH3 is 1. The Balaban J connectivity index is 1.93. The van der Waals surface area contributed by atoms with E-state index in [0.717, 1.165) is 40.4 Å². The molecule has 0 aliphatic heterocycles. The third kappa shape index (κ3) is 2.11. The molecular formula is C19H17N3O. The average molecular weight is 303 g/mol. The summed E-state index contributed by atoms with van der Waals surface area (Å²) in [4.78, 5) is 4.83. The Morgan fingerprint density at radius 2 is 1.83 bits per heavy atom. The zero-order valence-corrected chi connectivity index (χ0v) is 12.9. The minimum Gasteiger partial charge on any atom is -0.497 e. The maximum atomic E-state index is 5.22. The summed E-state index contributed by atoms with van der Waals surface area (Å²) in [6.07, 6.45) is 3.98. The van der Waals surface area contributed by atoms with Crippen molar-refractivity contribution in [1.82, 2.24) is 14.0 Å². The summed E-state index contributed by atoms with van der Waals surface area (Å²) in [5.74, 6) is 1.77. The molecule has 0 bridgehead atoms. The first kappa shape index (κ1) is 13.6. The van der Waals surface area contributed by atoms with E-state index >= 15 is 0 Å². The molecule has 2 aromatic heterocycles. The Morgan fingerprint density at radius 3 is 2.52 bits per heavy atom. The van der Waals surface area contributed by atoms with E-state index in [4.69, 9.17) is 9.72 Å². The number of fused-ring (bicyclic) bond motifs is 3. The molecule has 4 nitrogen and oxygen atoms in total. The van der Waals surface area contributed by atoms with Crippen molar-refractivity contribution in [3.05, 3.63) is 67.4 Å². The van der Waals surface area contributed by atoms with E-state index in [2.05, 4.69) is 33.9 Å². The smallest absolute Gasteiger partial charge is 0.215 e. The van der Waals surface area contributed by atoms with Crippen LogP contribution in [0.5, 0.6) is 5.75 Å². The summed E-state index contributed by atoms with van der Waals surface area (Å²) >= 11 is 0.